The lowest BCUT2D eigenvalue weighted by Gasteiger charge is -2.27. The summed E-state index contributed by atoms with van der Waals surface area (Å²) >= 11 is 0. The third-order valence-electron chi connectivity index (χ3n) is 4.64. The summed E-state index contributed by atoms with van der Waals surface area (Å²) in [5, 5.41) is 0. The van der Waals surface area contributed by atoms with E-state index in [9.17, 15) is 9.18 Å². The molecule has 4 heteroatoms. The molecule has 2 aliphatic rings. The number of halogens is 1. The number of ketones is 1. The van der Waals surface area contributed by atoms with Gasteiger partial charge in [0.25, 0.3) is 0 Å². The van der Waals surface area contributed by atoms with Crippen molar-refractivity contribution in [3.8, 4) is 0 Å². The van der Waals surface area contributed by atoms with Crippen LogP contribution in [0.4, 0.5) is 4.39 Å². The molecule has 2 heterocycles. The molecule has 2 saturated heterocycles. The second-order valence-corrected chi connectivity index (χ2v) is 6.23. The van der Waals surface area contributed by atoms with Gasteiger partial charge in [-0.15, -0.1) is 0 Å². The molecule has 1 aromatic carbocycles. The minimum atomic E-state index is -0.314. The quantitative estimate of drug-likeness (QED) is 0.617. The number of hydrogen-bond acceptors (Lipinski definition) is 3. The van der Waals surface area contributed by atoms with Crippen LogP contribution in [-0.2, 0) is 0 Å². The molecule has 118 valence electrons. The fourth-order valence-electron chi connectivity index (χ4n) is 3.39. The first-order valence-electron chi connectivity index (χ1n) is 8.18. The SMILES string of the molecule is O=C(C=CN1CCC[C@H]1CN1CCCC1)c1ccc(F)cc1. The molecule has 1 atom stereocenters. The molecule has 0 radical (unpaired) electrons. The number of allylic oxidation sites excluding steroid dienone is 1. The molecule has 2 aliphatic heterocycles. The van der Waals surface area contributed by atoms with Crippen molar-refractivity contribution in [2.24, 2.45) is 0 Å². The van der Waals surface area contributed by atoms with Crippen LogP contribution in [0.15, 0.2) is 36.5 Å². The van der Waals surface area contributed by atoms with Gasteiger partial charge in [0.15, 0.2) is 5.78 Å². The number of hydrogen-bond donors (Lipinski definition) is 0. The van der Waals surface area contributed by atoms with Crippen molar-refractivity contribution in [2.45, 2.75) is 31.7 Å². The highest BCUT2D eigenvalue weighted by molar-refractivity contribution is 6.04. The molecule has 0 N–H and O–H groups in total. The normalized spacial score (nSPS) is 22.8. The highest BCUT2D eigenvalue weighted by Gasteiger charge is 2.25. The van der Waals surface area contributed by atoms with E-state index in [0.717, 1.165) is 13.1 Å². The van der Waals surface area contributed by atoms with Crippen molar-refractivity contribution >= 4 is 5.78 Å². The molecular formula is C18H23FN2O. The number of benzene rings is 1. The Morgan fingerprint density at radius 2 is 1.86 bits per heavy atom. The van der Waals surface area contributed by atoms with Gasteiger partial charge in [0.2, 0.25) is 0 Å². The smallest absolute Gasteiger partial charge is 0.187 e. The maximum atomic E-state index is 12.9. The van der Waals surface area contributed by atoms with Crippen molar-refractivity contribution in [3.05, 3.63) is 47.9 Å². The van der Waals surface area contributed by atoms with E-state index in [4.69, 9.17) is 0 Å². The van der Waals surface area contributed by atoms with Gasteiger partial charge in [0, 0.05) is 37.0 Å². The zero-order chi connectivity index (χ0) is 15.4. The molecule has 22 heavy (non-hydrogen) atoms. The van der Waals surface area contributed by atoms with Crippen LogP contribution in [0, 0.1) is 5.82 Å². The van der Waals surface area contributed by atoms with Gasteiger partial charge in [-0.3, -0.25) is 4.79 Å². The Balaban J connectivity index is 1.58. The maximum absolute atomic E-state index is 12.9. The van der Waals surface area contributed by atoms with Gasteiger partial charge in [-0.2, -0.15) is 0 Å². The number of rotatable bonds is 5. The molecule has 0 aliphatic carbocycles. The van der Waals surface area contributed by atoms with Crippen LogP contribution in [-0.4, -0.2) is 47.8 Å². The first-order valence-corrected chi connectivity index (χ1v) is 8.18. The standard InChI is InChI=1S/C18H23FN2O/c19-16-7-5-15(6-8-16)18(22)9-13-21-12-3-4-17(21)14-20-10-1-2-11-20/h5-9,13,17H,1-4,10-12,14H2/t17-/m0/s1. The van der Waals surface area contributed by atoms with Gasteiger partial charge in [-0.1, -0.05) is 0 Å². The predicted molar refractivity (Wildman–Crippen MR) is 85.3 cm³/mol. The van der Waals surface area contributed by atoms with Crippen molar-refractivity contribution in [1.82, 2.24) is 9.80 Å². The number of likely N-dealkylation sites (tertiary alicyclic amines) is 2. The van der Waals surface area contributed by atoms with Crippen molar-refractivity contribution in [3.63, 3.8) is 0 Å². The van der Waals surface area contributed by atoms with Gasteiger partial charge >= 0.3 is 0 Å². The molecule has 0 amide bonds. The highest BCUT2D eigenvalue weighted by atomic mass is 19.1. The first-order chi connectivity index (χ1) is 10.7. The van der Waals surface area contributed by atoms with E-state index in [0.29, 0.717) is 11.6 Å². The van der Waals surface area contributed by atoms with E-state index >= 15 is 0 Å². The van der Waals surface area contributed by atoms with Crippen LogP contribution in [0.3, 0.4) is 0 Å². The molecule has 0 saturated carbocycles. The molecule has 0 spiro atoms. The van der Waals surface area contributed by atoms with E-state index in [-0.39, 0.29) is 11.6 Å². The summed E-state index contributed by atoms with van der Waals surface area (Å²) in [6.45, 7) is 4.55. The third-order valence-corrected chi connectivity index (χ3v) is 4.64. The molecule has 3 nitrogen and oxygen atoms in total. The predicted octanol–water partition coefficient (Wildman–Crippen LogP) is 3.08. The van der Waals surface area contributed by atoms with Gasteiger partial charge in [0.1, 0.15) is 5.82 Å². The van der Waals surface area contributed by atoms with Crippen molar-refractivity contribution in [2.75, 3.05) is 26.2 Å². The average Bonchev–Trinajstić information content (AvgIpc) is 3.18. The first kappa shape index (κ1) is 15.2. The molecule has 1 aromatic rings. The van der Waals surface area contributed by atoms with Gasteiger partial charge in [-0.25, -0.2) is 4.39 Å². The Hall–Kier alpha value is -1.68. The lowest BCUT2D eigenvalue weighted by molar-refractivity contribution is 0.104. The van der Waals surface area contributed by atoms with Crippen LogP contribution in [0.5, 0.6) is 0 Å². The van der Waals surface area contributed by atoms with E-state index in [1.165, 1.54) is 63.0 Å². The molecule has 0 bridgehead atoms. The van der Waals surface area contributed by atoms with Crippen LogP contribution in [0.25, 0.3) is 0 Å². The summed E-state index contributed by atoms with van der Waals surface area (Å²) in [4.78, 5) is 16.9. The minimum Gasteiger partial charge on any atom is -0.373 e. The average molecular weight is 302 g/mol. The minimum absolute atomic E-state index is 0.0631. The maximum Gasteiger partial charge on any atom is 0.187 e. The van der Waals surface area contributed by atoms with Crippen molar-refractivity contribution in [1.29, 1.82) is 0 Å². The Bertz CT molecular complexity index is 535. The fourth-order valence-corrected chi connectivity index (χ4v) is 3.39. The topological polar surface area (TPSA) is 23.6 Å². The summed E-state index contributed by atoms with van der Waals surface area (Å²) in [7, 11) is 0. The summed E-state index contributed by atoms with van der Waals surface area (Å²) in [5.74, 6) is -0.377. The monoisotopic (exact) mass is 302 g/mol. The van der Waals surface area contributed by atoms with E-state index in [1.54, 1.807) is 6.08 Å². The summed E-state index contributed by atoms with van der Waals surface area (Å²) in [5.41, 5.74) is 0.535. The summed E-state index contributed by atoms with van der Waals surface area (Å²) in [6.07, 6.45) is 8.56. The number of carbonyl (C=O) groups excluding carboxylic acids is 1. The lowest BCUT2D eigenvalue weighted by atomic mass is 10.1. The Morgan fingerprint density at radius 1 is 1.14 bits per heavy atom. The van der Waals surface area contributed by atoms with Gasteiger partial charge in [-0.05, 0) is 63.0 Å². The Morgan fingerprint density at radius 3 is 2.59 bits per heavy atom. The number of carbonyl (C=O) groups is 1. The van der Waals surface area contributed by atoms with Crippen LogP contribution in [0.2, 0.25) is 0 Å². The fraction of sp³-hybridized carbons (Fsp3) is 0.500. The second-order valence-electron chi connectivity index (χ2n) is 6.23. The molecule has 0 unspecified atom stereocenters. The Labute approximate surface area is 131 Å². The van der Waals surface area contributed by atoms with Crippen molar-refractivity contribution < 1.29 is 9.18 Å². The van der Waals surface area contributed by atoms with E-state index in [2.05, 4.69) is 9.80 Å². The van der Waals surface area contributed by atoms with E-state index in [1.807, 2.05) is 6.20 Å². The van der Waals surface area contributed by atoms with Crippen LogP contribution in [0.1, 0.15) is 36.0 Å². The molecule has 2 fully saturated rings. The molecular weight excluding hydrogens is 279 g/mol. The van der Waals surface area contributed by atoms with Crippen LogP contribution >= 0.6 is 0 Å². The molecule has 3 rings (SSSR count). The molecule has 0 aromatic heterocycles. The lowest BCUT2D eigenvalue weighted by Crippen LogP contribution is -2.36. The summed E-state index contributed by atoms with van der Waals surface area (Å²) in [6, 6.07) is 6.25. The Kier molecular flexibility index (Phi) is 4.88. The zero-order valence-corrected chi connectivity index (χ0v) is 12.9. The van der Waals surface area contributed by atoms with Gasteiger partial charge in [0.05, 0.1) is 0 Å². The largest absolute Gasteiger partial charge is 0.373 e. The second kappa shape index (κ2) is 7.05. The van der Waals surface area contributed by atoms with Crippen LogP contribution < -0.4 is 0 Å². The summed E-state index contributed by atoms with van der Waals surface area (Å²) < 4.78 is 12.9. The third kappa shape index (κ3) is 3.74. The van der Waals surface area contributed by atoms with E-state index < -0.39 is 0 Å². The highest BCUT2D eigenvalue weighted by Crippen LogP contribution is 2.20. The zero-order valence-electron chi connectivity index (χ0n) is 12.9. The van der Waals surface area contributed by atoms with Gasteiger partial charge < -0.3 is 9.80 Å². The number of nitrogens with zero attached hydrogens (tertiary/aromatic N) is 2.